The second kappa shape index (κ2) is 7.00. The van der Waals surface area contributed by atoms with Gasteiger partial charge in [0, 0.05) is 17.7 Å². The molecule has 0 aliphatic rings. The molecular formula is C17H23NO2. The van der Waals surface area contributed by atoms with E-state index in [1.54, 1.807) is 0 Å². The van der Waals surface area contributed by atoms with Crippen molar-refractivity contribution < 1.29 is 9.53 Å². The van der Waals surface area contributed by atoms with E-state index in [1.165, 1.54) is 0 Å². The summed E-state index contributed by atoms with van der Waals surface area (Å²) in [5.41, 5.74) is 1.08. The Labute approximate surface area is 121 Å². The third kappa shape index (κ3) is 6.84. The SMILES string of the molecule is CC(C)CC#Cc1cccc(NC(=O)OC(C)(C)C)c1. The van der Waals surface area contributed by atoms with Crippen molar-refractivity contribution in [3.05, 3.63) is 29.8 Å². The van der Waals surface area contributed by atoms with Crippen molar-refractivity contribution in [1.82, 2.24) is 0 Å². The molecule has 0 saturated heterocycles. The summed E-state index contributed by atoms with van der Waals surface area (Å²) in [7, 11) is 0. The van der Waals surface area contributed by atoms with Crippen molar-refractivity contribution in [2.45, 2.75) is 46.6 Å². The van der Waals surface area contributed by atoms with Crippen LogP contribution in [0.5, 0.6) is 0 Å². The summed E-state index contributed by atoms with van der Waals surface area (Å²) < 4.78 is 5.21. The molecule has 0 atom stereocenters. The number of hydrogen-bond acceptors (Lipinski definition) is 2. The molecule has 1 aromatic rings. The number of carbonyl (C=O) groups is 1. The Hall–Kier alpha value is -1.95. The molecule has 3 nitrogen and oxygen atoms in total. The number of benzene rings is 1. The molecule has 1 rings (SSSR count). The number of anilines is 1. The molecule has 20 heavy (non-hydrogen) atoms. The first-order chi connectivity index (χ1) is 9.26. The molecule has 0 aliphatic heterocycles. The highest BCUT2D eigenvalue weighted by Gasteiger charge is 2.16. The molecule has 1 N–H and O–H groups in total. The van der Waals surface area contributed by atoms with Gasteiger partial charge in [-0.3, -0.25) is 5.32 Å². The van der Waals surface area contributed by atoms with Gasteiger partial charge in [-0.15, -0.1) is 0 Å². The number of nitrogens with one attached hydrogen (secondary N) is 1. The van der Waals surface area contributed by atoms with Gasteiger partial charge in [0.1, 0.15) is 5.60 Å². The predicted octanol–water partition coefficient (Wildman–Crippen LogP) is 4.43. The third-order valence-electron chi connectivity index (χ3n) is 2.25. The van der Waals surface area contributed by atoms with Crippen LogP contribution in [0.25, 0.3) is 0 Å². The molecule has 0 heterocycles. The Balaban J connectivity index is 2.68. The minimum absolute atomic E-state index is 0.454. The van der Waals surface area contributed by atoms with Crippen LogP contribution in [-0.2, 0) is 4.74 Å². The van der Waals surface area contributed by atoms with E-state index in [4.69, 9.17) is 4.74 Å². The molecule has 1 amide bonds. The fraction of sp³-hybridized carbons (Fsp3) is 0.471. The molecule has 0 radical (unpaired) electrons. The zero-order chi connectivity index (χ0) is 15.2. The number of carbonyl (C=O) groups excluding carboxylic acids is 1. The fourth-order valence-electron chi connectivity index (χ4n) is 1.45. The van der Waals surface area contributed by atoms with Crippen LogP contribution in [-0.4, -0.2) is 11.7 Å². The average Bonchev–Trinajstić information content (AvgIpc) is 2.26. The quantitative estimate of drug-likeness (QED) is 0.809. The maximum Gasteiger partial charge on any atom is 0.412 e. The van der Waals surface area contributed by atoms with Gasteiger partial charge in [0.25, 0.3) is 0 Å². The van der Waals surface area contributed by atoms with Gasteiger partial charge in [0.2, 0.25) is 0 Å². The Morgan fingerprint density at radius 3 is 2.65 bits per heavy atom. The molecule has 0 fully saturated rings. The summed E-state index contributed by atoms with van der Waals surface area (Å²) in [5, 5.41) is 2.71. The highest BCUT2D eigenvalue weighted by molar-refractivity contribution is 5.85. The van der Waals surface area contributed by atoms with Crippen molar-refractivity contribution in [3.63, 3.8) is 0 Å². The number of hydrogen-bond donors (Lipinski definition) is 1. The Morgan fingerprint density at radius 1 is 1.35 bits per heavy atom. The van der Waals surface area contributed by atoms with Crippen molar-refractivity contribution in [1.29, 1.82) is 0 Å². The lowest BCUT2D eigenvalue weighted by atomic mass is 10.1. The highest BCUT2D eigenvalue weighted by atomic mass is 16.6. The van der Waals surface area contributed by atoms with Gasteiger partial charge in [-0.2, -0.15) is 0 Å². The Bertz CT molecular complexity index is 516. The normalized spacial score (nSPS) is 10.7. The summed E-state index contributed by atoms with van der Waals surface area (Å²) in [5.74, 6) is 6.78. The van der Waals surface area contributed by atoms with Crippen molar-refractivity contribution >= 4 is 11.8 Å². The molecule has 0 bridgehead atoms. The zero-order valence-corrected chi connectivity index (χ0v) is 12.9. The summed E-state index contributed by atoms with van der Waals surface area (Å²) >= 11 is 0. The standard InChI is InChI=1S/C17H23NO2/c1-13(2)8-6-9-14-10-7-11-15(12-14)18-16(19)20-17(3,4)5/h7,10-13H,8H2,1-5H3,(H,18,19). The lowest BCUT2D eigenvalue weighted by molar-refractivity contribution is 0.0636. The topological polar surface area (TPSA) is 38.3 Å². The smallest absolute Gasteiger partial charge is 0.412 e. The van der Waals surface area contributed by atoms with Gasteiger partial charge in [0.15, 0.2) is 0 Å². The molecular weight excluding hydrogens is 250 g/mol. The highest BCUT2D eigenvalue weighted by Crippen LogP contribution is 2.13. The molecule has 0 saturated carbocycles. The zero-order valence-electron chi connectivity index (χ0n) is 12.9. The van der Waals surface area contributed by atoms with Crippen LogP contribution in [0.2, 0.25) is 0 Å². The van der Waals surface area contributed by atoms with E-state index in [1.807, 2.05) is 45.0 Å². The average molecular weight is 273 g/mol. The predicted molar refractivity (Wildman–Crippen MR) is 82.6 cm³/mol. The lowest BCUT2D eigenvalue weighted by Crippen LogP contribution is -2.27. The van der Waals surface area contributed by atoms with Gasteiger partial charge < -0.3 is 4.74 Å². The first-order valence-electron chi connectivity index (χ1n) is 6.85. The molecule has 0 aromatic heterocycles. The first-order valence-corrected chi connectivity index (χ1v) is 6.85. The van der Waals surface area contributed by atoms with Crippen LogP contribution >= 0.6 is 0 Å². The third-order valence-corrected chi connectivity index (χ3v) is 2.25. The van der Waals surface area contributed by atoms with Crippen LogP contribution in [0.1, 0.15) is 46.6 Å². The summed E-state index contributed by atoms with van der Waals surface area (Å²) in [4.78, 5) is 11.7. The molecule has 108 valence electrons. The molecule has 0 spiro atoms. The number of amides is 1. The van der Waals surface area contributed by atoms with E-state index in [0.717, 1.165) is 12.0 Å². The van der Waals surface area contributed by atoms with Gasteiger partial charge in [-0.1, -0.05) is 31.8 Å². The minimum atomic E-state index is -0.501. The van der Waals surface area contributed by atoms with Gasteiger partial charge in [0.05, 0.1) is 0 Å². The second-order valence-electron chi connectivity index (χ2n) is 6.11. The summed E-state index contributed by atoms with van der Waals surface area (Å²) in [6, 6.07) is 7.45. The molecule has 1 aromatic carbocycles. The van der Waals surface area contributed by atoms with Crippen molar-refractivity contribution in [3.8, 4) is 11.8 Å². The monoisotopic (exact) mass is 273 g/mol. The summed E-state index contributed by atoms with van der Waals surface area (Å²) in [6.07, 6.45) is 0.411. The van der Waals surface area contributed by atoms with Crippen LogP contribution < -0.4 is 5.32 Å². The van der Waals surface area contributed by atoms with Crippen LogP contribution in [0.3, 0.4) is 0 Å². The largest absolute Gasteiger partial charge is 0.444 e. The van der Waals surface area contributed by atoms with E-state index in [2.05, 4.69) is 31.0 Å². The van der Waals surface area contributed by atoms with E-state index in [9.17, 15) is 4.79 Å². The fourth-order valence-corrected chi connectivity index (χ4v) is 1.45. The van der Waals surface area contributed by atoms with Gasteiger partial charge in [-0.25, -0.2) is 4.79 Å². The Morgan fingerprint density at radius 2 is 2.05 bits per heavy atom. The maximum atomic E-state index is 11.7. The van der Waals surface area contributed by atoms with Crippen LogP contribution in [0, 0.1) is 17.8 Å². The summed E-state index contributed by atoms with van der Waals surface area (Å²) in [6.45, 7) is 9.77. The molecule has 0 unspecified atom stereocenters. The number of rotatable bonds is 2. The maximum absolute atomic E-state index is 11.7. The number of ether oxygens (including phenoxy) is 1. The van der Waals surface area contributed by atoms with E-state index in [-0.39, 0.29) is 0 Å². The van der Waals surface area contributed by atoms with E-state index < -0.39 is 11.7 Å². The molecule has 0 aliphatic carbocycles. The lowest BCUT2D eigenvalue weighted by Gasteiger charge is -2.19. The second-order valence-corrected chi connectivity index (χ2v) is 6.11. The Kier molecular flexibility index (Phi) is 5.64. The van der Waals surface area contributed by atoms with E-state index in [0.29, 0.717) is 11.6 Å². The van der Waals surface area contributed by atoms with Crippen molar-refractivity contribution in [2.24, 2.45) is 5.92 Å². The molecule has 3 heteroatoms. The van der Waals surface area contributed by atoms with Gasteiger partial charge >= 0.3 is 6.09 Å². The van der Waals surface area contributed by atoms with Crippen molar-refractivity contribution in [2.75, 3.05) is 5.32 Å². The van der Waals surface area contributed by atoms with E-state index >= 15 is 0 Å². The van der Waals surface area contributed by atoms with Crippen LogP contribution in [0.15, 0.2) is 24.3 Å². The minimum Gasteiger partial charge on any atom is -0.444 e. The van der Waals surface area contributed by atoms with Crippen LogP contribution in [0.4, 0.5) is 10.5 Å². The van der Waals surface area contributed by atoms with Gasteiger partial charge in [-0.05, 0) is 44.9 Å². The first kappa shape index (κ1) is 16.1.